The highest BCUT2D eigenvalue weighted by Crippen LogP contribution is 2.24. The molecule has 0 spiro atoms. The number of ether oxygens (including phenoxy) is 1. The smallest absolute Gasteiger partial charge is 0.317 e. The van der Waals surface area contributed by atoms with Gasteiger partial charge in [-0.2, -0.15) is 0 Å². The fourth-order valence-electron chi connectivity index (χ4n) is 1.75. The molecule has 1 aromatic carbocycles. The van der Waals surface area contributed by atoms with E-state index in [-0.39, 0.29) is 6.03 Å². The molecule has 112 valence electrons. The average molecular weight is 319 g/mol. The molecular weight excluding hydrogens is 299 g/mol. The van der Waals surface area contributed by atoms with E-state index in [9.17, 15) is 4.79 Å². The molecule has 2 amide bonds. The van der Waals surface area contributed by atoms with Gasteiger partial charge in [0.1, 0.15) is 0 Å². The fourth-order valence-corrected chi connectivity index (χ4v) is 2.33. The Labute approximate surface area is 130 Å². The number of urea groups is 1. The summed E-state index contributed by atoms with van der Waals surface area (Å²) in [6.45, 7) is 1.80. The summed E-state index contributed by atoms with van der Waals surface area (Å²) in [4.78, 5) is 13.4. The van der Waals surface area contributed by atoms with Crippen molar-refractivity contribution in [3.63, 3.8) is 0 Å². The van der Waals surface area contributed by atoms with Crippen LogP contribution in [0.2, 0.25) is 10.0 Å². The van der Waals surface area contributed by atoms with Crippen molar-refractivity contribution in [3.8, 4) is 0 Å². The van der Waals surface area contributed by atoms with Crippen molar-refractivity contribution in [3.05, 3.63) is 33.8 Å². The number of carbonyl (C=O) groups excluding carboxylic acids is 1. The Balaban J connectivity index is 2.35. The van der Waals surface area contributed by atoms with E-state index in [0.29, 0.717) is 36.2 Å². The summed E-state index contributed by atoms with van der Waals surface area (Å²) in [6, 6.07) is 5.28. The van der Waals surface area contributed by atoms with Crippen LogP contribution in [-0.4, -0.2) is 44.8 Å². The van der Waals surface area contributed by atoms with Crippen LogP contribution in [0.3, 0.4) is 0 Å². The van der Waals surface area contributed by atoms with Crippen LogP contribution in [0.25, 0.3) is 0 Å². The first-order chi connectivity index (χ1) is 9.56. The number of hydrogen-bond donors (Lipinski definition) is 1. The molecule has 0 atom stereocenters. The number of halogens is 2. The lowest BCUT2D eigenvalue weighted by molar-refractivity contribution is 0.175. The monoisotopic (exact) mass is 318 g/mol. The molecule has 0 aliphatic heterocycles. The van der Waals surface area contributed by atoms with Gasteiger partial charge in [-0.1, -0.05) is 29.3 Å². The summed E-state index contributed by atoms with van der Waals surface area (Å²) in [7, 11) is 3.40. The van der Waals surface area contributed by atoms with Crippen LogP contribution in [-0.2, 0) is 11.2 Å². The summed E-state index contributed by atoms with van der Waals surface area (Å²) in [5.41, 5.74) is 0.859. The first kappa shape index (κ1) is 17.1. The minimum absolute atomic E-state index is 0.107. The van der Waals surface area contributed by atoms with Gasteiger partial charge in [0.2, 0.25) is 0 Å². The quantitative estimate of drug-likeness (QED) is 0.784. The summed E-state index contributed by atoms with van der Waals surface area (Å²) in [5, 5.41) is 4.09. The van der Waals surface area contributed by atoms with E-state index in [1.165, 1.54) is 0 Å². The predicted octanol–water partition coefficient (Wildman–Crippen LogP) is 3.21. The van der Waals surface area contributed by atoms with E-state index in [1.807, 2.05) is 0 Å². The first-order valence-electron chi connectivity index (χ1n) is 6.47. The van der Waals surface area contributed by atoms with Crippen LogP contribution in [0.1, 0.15) is 12.0 Å². The number of hydrogen-bond acceptors (Lipinski definition) is 2. The topological polar surface area (TPSA) is 41.6 Å². The van der Waals surface area contributed by atoms with Crippen molar-refractivity contribution in [2.24, 2.45) is 0 Å². The summed E-state index contributed by atoms with van der Waals surface area (Å²) in [5.74, 6) is 0. The number of nitrogens with zero attached hydrogens (tertiary/aromatic N) is 1. The van der Waals surface area contributed by atoms with Gasteiger partial charge < -0.3 is 15.0 Å². The Morgan fingerprint density at radius 3 is 2.60 bits per heavy atom. The van der Waals surface area contributed by atoms with E-state index in [1.54, 1.807) is 37.3 Å². The molecule has 1 rings (SSSR count). The van der Waals surface area contributed by atoms with Gasteiger partial charge >= 0.3 is 6.03 Å². The molecule has 0 aliphatic carbocycles. The van der Waals surface area contributed by atoms with Gasteiger partial charge in [0.05, 0.1) is 0 Å². The summed E-state index contributed by atoms with van der Waals surface area (Å²) < 4.78 is 4.95. The molecule has 1 aromatic rings. The predicted molar refractivity (Wildman–Crippen MR) is 82.7 cm³/mol. The maximum atomic E-state index is 11.8. The van der Waals surface area contributed by atoms with Crippen molar-refractivity contribution in [1.82, 2.24) is 10.2 Å². The van der Waals surface area contributed by atoms with Crippen molar-refractivity contribution < 1.29 is 9.53 Å². The van der Waals surface area contributed by atoms with E-state index in [2.05, 4.69) is 5.32 Å². The highest BCUT2D eigenvalue weighted by atomic mass is 35.5. The number of methoxy groups -OCH3 is 1. The van der Waals surface area contributed by atoms with Gasteiger partial charge in [-0.05, 0) is 30.5 Å². The standard InChI is InChI=1S/C14H20Cl2N2O2/c1-18(9-4-10-20-2)14(19)17-8-7-11-12(15)5-3-6-13(11)16/h3,5-6H,4,7-10H2,1-2H3,(H,17,19). The van der Waals surface area contributed by atoms with Gasteiger partial charge in [0, 0.05) is 43.9 Å². The molecule has 20 heavy (non-hydrogen) atoms. The second kappa shape index (κ2) is 9.06. The molecule has 0 unspecified atom stereocenters. The second-order valence-corrected chi connectivity index (χ2v) is 5.26. The van der Waals surface area contributed by atoms with Gasteiger partial charge in [-0.15, -0.1) is 0 Å². The van der Waals surface area contributed by atoms with Gasteiger partial charge in [-0.25, -0.2) is 4.79 Å². The third kappa shape index (κ3) is 5.57. The van der Waals surface area contributed by atoms with Crippen LogP contribution < -0.4 is 5.32 Å². The zero-order chi connectivity index (χ0) is 15.0. The normalized spacial score (nSPS) is 10.4. The molecule has 0 aliphatic rings. The second-order valence-electron chi connectivity index (χ2n) is 4.45. The summed E-state index contributed by atoms with van der Waals surface area (Å²) in [6.07, 6.45) is 1.42. The Morgan fingerprint density at radius 1 is 1.35 bits per heavy atom. The molecule has 0 fully saturated rings. The first-order valence-corrected chi connectivity index (χ1v) is 7.22. The largest absolute Gasteiger partial charge is 0.385 e. The SMILES string of the molecule is COCCCN(C)C(=O)NCCc1c(Cl)cccc1Cl. The lowest BCUT2D eigenvalue weighted by Gasteiger charge is -2.18. The van der Waals surface area contributed by atoms with Crippen LogP contribution >= 0.6 is 23.2 Å². The molecular formula is C14H20Cl2N2O2. The molecule has 0 aromatic heterocycles. The van der Waals surface area contributed by atoms with Crippen molar-refractivity contribution in [2.75, 3.05) is 33.9 Å². The molecule has 1 N–H and O–H groups in total. The molecule has 0 radical (unpaired) electrons. The zero-order valence-corrected chi connectivity index (χ0v) is 13.3. The van der Waals surface area contributed by atoms with Gasteiger partial charge in [-0.3, -0.25) is 0 Å². The maximum Gasteiger partial charge on any atom is 0.317 e. The maximum absolute atomic E-state index is 11.8. The van der Waals surface area contributed by atoms with Crippen molar-refractivity contribution >= 4 is 29.2 Å². The van der Waals surface area contributed by atoms with Gasteiger partial charge in [0.25, 0.3) is 0 Å². The van der Waals surface area contributed by atoms with Crippen LogP contribution in [0.5, 0.6) is 0 Å². The van der Waals surface area contributed by atoms with Crippen LogP contribution in [0.4, 0.5) is 4.79 Å². The number of amides is 2. The zero-order valence-electron chi connectivity index (χ0n) is 11.8. The van der Waals surface area contributed by atoms with E-state index >= 15 is 0 Å². The van der Waals surface area contributed by atoms with E-state index in [4.69, 9.17) is 27.9 Å². The minimum atomic E-state index is -0.107. The van der Waals surface area contributed by atoms with Crippen LogP contribution in [0.15, 0.2) is 18.2 Å². The Bertz CT molecular complexity index is 421. The van der Waals surface area contributed by atoms with Crippen molar-refractivity contribution in [2.45, 2.75) is 12.8 Å². The Morgan fingerprint density at radius 2 is 2.00 bits per heavy atom. The number of nitrogens with one attached hydrogen (secondary N) is 1. The average Bonchev–Trinajstić information content (AvgIpc) is 2.42. The summed E-state index contributed by atoms with van der Waals surface area (Å²) >= 11 is 12.1. The third-order valence-corrected chi connectivity index (χ3v) is 3.61. The number of benzene rings is 1. The Kier molecular flexibility index (Phi) is 7.73. The molecule has 0 bridgehead atoms. The highest BCUT2D eigenvalue weighted by molar-refractivity contribution is 6.35. The molecule has 0 heterocycles. The lowest BCUT2D eigenvalue weighted by atomic mass is 10.1. The molecule has 6 heteroatoms. The highest BCUT2D eigenvalue weighted by Gasteiger charge is 2.09. The number of carbonyl (C=O) groups is 1. The van der Waals surface area contributed by atoms with Crippen LogP contribution in [0, 0.1) is 0 Å². The molecule has 0 saturated heterocycles. The minimum Gasteiger partial charge on any atom is -0.385 e. The van der Waals surface area contributed by atoms with E-state index < -0.39 is 0 Å². The molecule has 0 saturated carbocycles. The van der Waals surface area contributed by atoms with Crippen molar-refractivity contribution in [1.29, 1.82) is 0 Å². The molecule has 4 nitrogen and oxygen atoms in total. The number of rotatable bonds is 7. The van der Waals surface area contributed by atoms with Gasteiger partial charge in [0.15, 0.2) is 0 Å². The van der Waals surface area contributed by atoms with E-state index in [0.717, 1.165) is 12.0 Å². The lowest BCUT2D eigenvalue weighted by Crippen LogP contribution is -2.39. The fraction of sp³-hybridized carbons (Fsp3) is 0.500. The third-order valence-electron chi connectivity index (χ3n) is 2.90. The Hall–Kier alpha value is -0.970.